The molecule has 0 atom stereocenters. The van der Waals surface area contributed by atoms with E-state index in [1.54, 1.807) is 7.11 Å². The Balaban J connectivity index is 2.13. The molecule has 0 spiro atoms. The van der Waals surface area contributed by atoms with Crippen molar-refractivity contribution in [2.45, 2.75) is 26.2 Å². The number of benzene rings is 1. The third-order valence-corrected chi connectivity index (χ3v) is 3.29. The molecule has 0 N–H and O–H groups in total. The first-order valence-electron chi connectivity index (χ1n) is 6.82. The first-order chi connectivity index (χ1) is 9.24. The van der Waals surface area contributed by atoms with E-state index in [4.69, 9.17) is 9.47 Å². The molecule has 0 aliphatic carbocycles. The first kappa shape index (κ1) is 13.7. The monoisotopic (exact) mass is 263 g/mol. The van der Waals surface area contributed by atoms with Crippen molar-refractivity contribution in [2.24, 2.45) is 0 Å². The van der Waals surface area contributed by atoms with Crippen molar-refractivity contribution in [3.05, 3.63) is 18.2 Å². The molecular weight excluding hydrogens is 242 g/mol. The number of hydrogen-bond donors (Lipinski definition) is 0. The lowest BCUT2D eigenvalue weighted by Crippen LogP contribution is -2.33. The van der Waals surface area contributed by atoms with Crippen LogP contribution in [0.1, 0.15) is 26.2 Å². The van der Waals surface area contributed by atoms with Gasteiger partial charge in [0.2, 0.25) is 0 Å². The fourth-order valence-electron chi connectivity index (χ4n) is 2.23. The van der Waals surface area contributed by atoms with Crippen LogP contribution in [-0.4, -0.2) is 32.6 Å². The van der Waals surface area contributed by atoms with Gasteiger partial charge in [0.15, 0.2) is 0 Å². The van der Waals surface area contributed by atoms with Crippen molar-refractivity contribution < 1.29 is 14.3 Å². The third-order valence-electron chi connectivity index (χ3n) is 3.29. The van der Waals surface area contributed by atoms with Gasteiger partial charge in [-0.3, -0.25) is 4.79 Å². The summed E-state index contributed by atoms with van der Waals surface area (Å²) in [6.07, 6.45) is 2.23. The van der Waals surface area contributed by atoms with Crippen molar-refractivity contribution in [3.8, 4) is 11.5 Å². The Kier molecular flexibility index (Phi) is 4.66. The molecular formula is C15H21NO3. The molecule has 0 amide bonds. The number of ether oxygens (including phenoxy) is 2. The van der Waals surface area contributed by atoms with Crippen LogP contribution < -0.4 is 14.4 Å². The number of carbonyl (C=O) groups is 1. The minimum absolute atomic E-state index is 0.345. The maximum Gasteiger partial charge on any atom is 0.145 e. The molecule has 1 fully saturated rings. The normalized spacial score (nSPS) is 15.5. The molecule has 4 nitrogen and oxygen atoms in total. The van der Waals surface area contributed by atoms with Gasteiger partial charge in [0.05, 0.1) is 19.4 Å². The molecule has 1 aromatic carbocycles. The molecule has 1 aliphatic rings. The third kappa shape index (κ3) is 3.40. The second kappa shape index (κ2) is 6.45. The standard InChI is InChI=1S/C15H21NO3/c1-3-10-19-13-4-5-14(15(11-13)18-2)16-8-6-12(17)7-9-16/h4-5,11H,3,6-10H2,1-2H3. The van der Waals surface area contributed by atoms with E-state index in [2.05, 4.69) is 11.8 Å². The predicted molar refractivity (Wildman–Crippen MR) is 75.2 cm³/mol. The van der Waals surface area contributed by atoms with Crippen LogP contribution >= 0.6 is 0 Å². The Morgan fingerprint density at radius 1 is 1.26 bits per heavy atom. The predicted octanol–water partition coefficient (Wildman–Crippen LogP) is 2.65. The van der Waals surface area contributed by atoms with Gasteiger partial charge in [-0.05, 0) is 18.6 Å². The molecule has 19 heavy (non-hydrogen) atoms. The second-order valence-electron chi connectivity index (χ2n) is 4.71. The largest absolute Gasteiger partial charge is 0.494 e. The molecule has 0 bridgehead atoms. The van der Waals surface area contributed by atoms with E-state index in [0.717, 1.165) is 36.7 Å². The minimum atomic E-state index is 0.345. The fourth-order valence-corrected chi connectivity index (χ4v) is 2.23. The highest BCUT2D eigenvalue weighted by Crippen LogP contribution is 2.33. The van der Waals surface area contributed by atoms with Crippen molar-refractivity contribution >= 4 is 11.5 Å². The summed E-state index contributed by atoms with van der Waals surface area (Å²) in [6.45, 7) is 4.33. The van der Waals surface area contributed by atoms with Gasteiger partial charge >= 0.3 is 0 Å². The van der Waals surface area contributed by atoms with E-state index < -0.39 is 0 Å². The summed E-state index contributed by atoms with van der Waals surface area (Å²) in [5, 5.41) is 0. The van der Waals surface area contributed by atoms with Gasteiger partial charge in [-0.25, -0.2) is 0 Å². The van der Waals surface area contributed by atoms with Crippen LogP contribution in [0.3, 0.4) is 0 Å². The smallest absolute Gasteiger partial charge is 0.145 e. The molecule has 1 heterocycles. The number of carbonyl (C=O) groups excluding carboxylic acids is 1. The van der Waals surface area contributed by atoms with Crippen LogP contribution in [0.25, 0.3) is 0 Å². The summed E-state index contributed by atoms with van der Waals surface area (Å²) in [5.74, 6) is 1.98. The zero-order valence-electron chi connectivity index (χ0n) is 11.6. The topological polar surface area (TPSA) is 38.8 Å². The highest BCUT2D eigenvalue weighted by molar-refractivity contribution is 5.81. The summed E-state index contributed by atoms with van der Waals surface area (Å²) in [5.41, 5.74) is 1.04. The summed E-state index contributed by atoms with van der Waals surface area (Å²) in [7, 11) is 1.66. The highest BCUT2D eigenvalue weighted by Gasteiger charge is 2.19. The van der Waals surface area contributed by atoms with Gasteiger partial charge in [0.25, 0.3) is 0 Å². The zero-order valence-corrected chi connectivity index (χ0v) is 11.6. The quantitative estimate of drug-likeness (QED) is 0.818. The van der Waals surface area contributed by atoms with Crippen LogP contribution in [0.5, 0.6) is 11.5 Å². The summed E-state index contributed by atoms with van der Waals surface area (Å²) >= 11 is 0. The van der Waals surface area contributed by atoms with Crippen molar-refractivity contribution in [1.29, 1.82) is 0 Å². The number of anilines is 1. The number of nitrogens with zero attached hydrogens (tertiary/aromatic N) is 1. The van der Waals surface area contributed by atoms with Crippen molar-refractivity contribution in [2.75, 3.05) is 31.7 Å². The number of ketones is 1. The molecule has 104 valence electrons. The lowest BCUT2D eigenvalue weighted by molar-refractivity contribution is -0.119. The van der Waals surface area contributed by atoms with E-state index in [9.17, 15) is 4.79 Å². The Bertz CT molecular complexity index is 435. The summed E-state index contributed by atoms with van der Waals surface area (Å²) in [6, 6.07) is 5.89. The lowest BCUT2D eigenvalue weighted by atomic mass is 10.1. The maximum absolute atomic E-state index is 11.3. The van der Waals surface area contributed by atoms with Crippen LogP contribution in [0.2, 0.25) is 0 Å². The van der Waals surface area contributed by atoms with Gasteiger partial charge in [-0.2, -0.15) is 0 Å². The van der Waals surface area contributed by atoms with Crippen molar-refractivity contribution in [1.82, 2.24) is 0 Å². The highest BCUT2D eigenvalue weighted by atomic mass is 16.5. The Morgan fingerprint density at radius 3 is 2.63 bits per heavy atom. The van der Waals surface area contributed by atoms with Gasteiger partial charge < -0.3 is 14.4 Å². The van der Waals surface area contributed by atoms with Crippen LogP contribution in [0.15, 0.2) is 18.2 Å². The van der Waals surface area contributed by atoms with Crippen LogP contribution in [0.4, 0.5) is 5.69 Å². The van der Waals surface area contributed by atoms with Crippen molar-refractivity contribution in [3.63, 3.8) is 0 Å². The number of rotatable bonds is 5. The molecule has 1 saturated heterocycles. The maximum atomic E-state index is 11.3. The van der Waals surface area contributed by atoms with Crippen LogP contribution in [0, 0.1) is 0 Å². The Morgan fingerprint density at radius 2 is 2.00 bits per heavy atom. The second-order valence-corrected chi connectivity index (χ2v) is 4.71. The number of hydrogen-bond acceptors (Lipinski definition) is 4. The average Bonchev–Trinajstić information content (AvgIpc) is 2.46. The van der Waals surface area contributed by atoms with Crippen LogP contribution in [-0.2, 0) is 4.79 Å². The zero-order chi connectivity index (χ0) is 13.7. The van der Waals surface area contributed by atoms with E-state index in [-0.39, 0.29) is 0 Å². The van der Waals surface area contributed by atoms with E-state index in [1.807, 2.05) is 18.2 Å². The summed E-state index contributed by atoms with van der Waals surface area (Å²) in [4.78, 5) is 13.5. The molecule has 0 radical (unpaired) electrons. The number of methoxy groups -OCH3 is 1. The van der Waals surface area contributed by atoms with Gasteiger partial charge in [0.1, 0.15) is 17.3 Å². The summed E-state index contributed by atoms with van der Waals surface area (Å²) < 4.78 is 11.0. The van der Waals surface area contributed by atoms with Gasteiger partial charge in [0, 0.05) is 32.0 Å². The Labute approximate surface area is 114 Å². The lowest BCUT2D eigenvalue weighted by Gasteiger charge is -2.29. The molecule has 0 unspecified atom stereocenters. The molecule has 1 aliphatic heterocycles. The number of piperidine rings is 1. The fraction of sp³-hybridized carbons (Fsp3) is 0.533. The molecule has 0 aromatic heterocycles. The number of Topliss-reactive ketones (excluding diaryl/α,β-unsaturated/α-hetero) is 1. The SMILES string of the molecule is CCCOc1ccc(N2CCC(=O)CC2)c(OC)c1. The molecule has 4 heteroatoms. The van der Waals surface area contributed by atoms with Gasteiger partial charge in [-0.15, -0.1) is 0 Å². The first-order valence-corrected chi connectivity index (χ1v) is 6.82. The van der Waals surface area contributed by atoms with E-state index in [0.29, 0.717) is 25.2 Å². The Hall–Kier alpha value is -1.71. The van der Waals surface area contributed by atoms with E-state index >= 15 is 0 Å². The molecule has 2 rings (SSSR count). The van der Waals surface area contributed by atoms with Gasteiger partial charge in [-0.1, -0.05) is 6.92 Å². The molecule has 1 aromatic rings. The molecule has 0 saturated carbocycles. The van der Waals surface area contributed by atoms with E-state index in [1.165, 1.54) is 0 Å². The average molecular weight is 263 g/mol. The minimum Gasteiger partial charge on any atom is -0.494 e.